The van der Waals surface area contributed by atoms with E-state index >= 15 is 0 Å². The fourth-order valence-electron chi connectivity index (χ4n) is 1.19. The quantitative estimate of drug-likeness (QED) is 0.772. The maximum absolute atomic E-state index is 11.0. The SMILES string of the molecule is NC(=O)c1sccc1-n1cccc1. The number of hydrogen-bond acceptors (Lipinski definition) is 2. The predicted octanol–water partition coefficient (Wildman–Crippen LogP) is 1.64. The maximum Gasteiger partial charge on any atom is 0.260 e. The third-order valence-electron chi connectivity index (χ3n) is 1.75. The van der Waals surface area contributed by atoms with Crippen LogP contribution in [-0.4, -0.2) is 10.5 Å². The van der Waals surface area contributed by atoms with Gasteiger partial charge in [-0.3, -0.25) is 4.79 Å². The van der Waals surface area contributed by atoms with E-state index in [0.29, 0.717) is 4.88 Å². The van der Waals surface area contributed by atoms with Crippen LogP contribution in [0.5, 0.6) is 0 Å². The van der Waals surface area contributed by atoms with Crippen LogP contribution in [0.1, 0.15) is 9.67 Å². The lowest BCUT2D eigenvalue weighted by Gasteiger charge is -2.00. The number of rotatable bonds is 2. The maximum atomic E-state index is 11.0. The Kier molecular flexibility index (Phi) is 1.90. The van der Waals surface area contributed by atoms with Gasteiger partial charge in [-0.2, -0.15) is 0 Å². The third kappa shape index (κ3) is 1.36. The Balaban J connectivity index is 2.52. The molecule has 0 atom stereocenters. The summed E-state index contributed by atoms with van der Waals surface area (Å²) in [7, 11) is 0. The molecule has 0 radical (unpaired) electrons. The summed E-state index contributed by atoms with van der Waals surface area (Å²) >= 11 is 1.36. The van der Waals surface area contributed by atoms with Crippen molar-refractivity contribution in [2.24, 2.45) is 5.73 Å². The molecule has 0 aliphatic rings. The van der Waals surface area contributed by atoms with Crippen LogP contribution >= 0.6 is 11.3 Å². The lowest BCUT2D eigenvalue weighted by atomic mass is 10.4. The topological polar surface area (TPSA) is 48.0 Å². The van der Waals surface area contributed by atoms with Gasteiger partial charge in [-0.15, -0.1) is 11.3 Å². The van der Waals surface area contributed by atoms with E-state index in [1.807, 2.05) is 40.5 Å². The summed E-state index contributed by atoms with van der Waals surface area (Å²) in [6.45, 7) is 0. The van der Waals surface area contributed by atoms with Crippen molar-refractivity contribution in [2.45, 2.75) is 0 Å². The van der Waals surface area contributed by atoms with Crippen LogP contribution in [0.2, 0.25) is 0 Å². The summed E-state index contributed by atoms with van der Waals surface area (Å²) in [5.74, 6) is -0.376. The lowest BCUT2D eigenvalue weighted by Crippen LogP contribution is -2.11. The van der Waals surface area contributed by atoms with Crippen molar-refractivity contribution in [1.29, 1.82) is 0 Å². The zero-order valence-corrected chi connectivity index (χ0v) is 7.62. The second-order valence-electron chi connectivity index (χ2n) is 2.59. The summed E-state index contributed by atoms with van der Waals surface area (Å²) in [6, 6.07) is 5.69. The molecule has 2 aromatic rings. The molecule has 0 fully saturated rings. The third-order valence-corrected chi connectivity index (χ3v) is 2.67. The lowest BCUT2D eigenvalue weighted by molar-refractivity contribution is 0.100. The van der Waals surface area contributed by atoms with Gasteiger partial charge in [0, 0.05) is 12.4 Å². The molecule has 66 valence electrons. The summed E-state index contributed by atoms with van der Waals surface area (Å²) < 4.78 is 1.87. The number of thiophene rings is 1. The minimum Gasteiger partial charge on any atom is -0.365 e. The molecule has 0 spiro atoms. The molecular formula is C9H8N2OS. The van der Waals surface area contributed by atoms with Crippen LogP contribution in [0, 0.1) is 0 Å². The van der Waals surface area contributed by atoms with Crippen molar-refractivity contribution >= 4 is 17.2 Å². The van der Waals surface area contributed by atoms with Crippen LogP contribution in [0.3, 0.4) is 0 Å². The number of carbonyl (C=O) groups is 1. The van der Waals surface area contributed by atoms with Gasteiger partial charge in [0.25, 0.3) is 5.91 Å². The zero-order chi connectivity index (χ0) is 9.26. The molecule has 4 heteroatoms. The van der Waals surface area contributed by atoms with Crippen LogP contribution in [-0.2, 0) is 0 Å². The van der Waals surface area contributed by atoms with Gasteiger partial charge >= 0.3 is 0 Å². The molecule has 13 heavy (non-hydrogen) atoms. The zero-order valence-electron chi connectivity index (χ0n) is 6.81. The Morgan fingerprint density at radius 2 is 2.08 bits per heavy atom. The van der Waals surface area contributed by atoms with Gasteiger partial charge in [0.05, 0.1) is 5.69 Å². The number of hydrogen-bond donors (Lipinski definition) is 1. The van der Waals surface area contributed by atoms with E-state index in [1.165, 1.54) is 11.3 Å². The highest BCUT2D eigenvalue weighted by Crippen LogP contribution is 2.20. The minimum atomic E-state index is -0.376. The normalized spacial score (nSPS) is 10.2. The Hall–Kier alpha value is -1.55. The van der Waals surface area contributed by atoms with Crippen LogP contribution in [0.25, 0.3) is 5.69 Å². The largest absolute Gasteiger partial charge is 0.365 e. The first-order chi connectivity index (χ1) is 6.29. The van der Waals surface area contributed by atoms with Gasteiger partial charge in [0.15, 0.2) is 0 Å². The van der Waals surface area contributed by atoms with Crippen LogP contribution < -0.4 is 5.73 Å². The van der Waals surface area contributed by atoms with E-state index in [4.69, 9.17) is 5.73 Å². The molecule has 2 rings (SSSR count). The monoisotopic (exact) mass is 192 g/mol. The van der Waals surface area contributed by atoms with Crippen molar-refractivity contribution in [1.82, 2.24) is 4.57 Å². The first-order valence-corrected chi connectivity index (χ1v) is 4.67. The van der Waals surface area contributed by atoms with E-state index in [1.54, 1.807) is 0 Å². The fraction of sp³-hybridized carbons (Fsp3) is 0. The average Bonchev–Trinajstić information content (AvgIpc) is 2.74. The van der Waals surface area contributed by atoms with Gasteiger partial charge in [-0.25, -0.2) is 0 Å². The molecule has 0 unspecified atom stereocenters. The Bertz CT molecular complexity index is 417. The van der Waals surface area contributed by atoms with Crippen molar-refractivity contribution in [3.63, 3.8) is 0 Å². The Labute approximate surface area is 79.4 Å². The molecule has 0 saturated carbocycles. The molecule has 1 amide bonds. The van der Waals surface area contributed by atoms with E-state index < -0.39 is 0 Å². The summed E-state index contributed by atoms with van der Waals surface area (Å²) in [6.07, 6.45) is 3.77. The predicted molar refractivity (Wildman–Crippen MR) is 52.2 cm³/mol. The number of carbonyl (C=O) groups excluding carboxylic acids is 1. The Morgan fingerprint density at radius 3 is 2.69 bits per heavy atom. The molecule has 2 N–H and O–H groups in total. The number of aromatic nitrogens is 1. The molecule has 0 aliphatic heterocycles. The first-order valence-electron chi connectivity index (χ1n) is 3.79. The van der Waals surface area contributed by atoms with Gasteiger partial charge in [-0.05, 0) is 23.6 Å². The number of amides is 1. The molecule has 3 nitrogen and oxygen atoms in total. The average molecular weight is 192 g/mol. The van der Waals surface area contributed by atoms with Gasteiger partial charge in [0.2, 0.25) is 0 Å². The molecule has 0 saturated heterocycles. The summed E-state index contributed by atoms with van der Waals surface area (Å²) in [5, 5.41) is 1.86. The van der Waals surface area contributed by atoms with Gasteiger partial charge < -0.3 is 10.3 Å². The summed E-state index contributed by atoms with van der Waals surface area (Å²) in [5.41, 5.74) is 6.07. The molecule has 0 aliphatic carbocycles. The fourth-order valence-corrected chi connectivity index (χ4v) is 1.93. The second kappa shape index (κ2) is 3.06. The van der Waals surface area contributed by atoms with Crippen LogP contribution in [0.15, 0.2) is 36.0 Å². The Morgan fingerprint density at radius 1 is 1.38 bits per heavy atom. The van der Waals surface area contributed by atoms with E-state index in [9.17, 15) is 4.79 Å². The molecule has 0 bridgehead atoms. The van der Waals surface area contributed by atoms with Gasteiger partial charge in [0.1, 0.15) is 4.88 Å². The van der Waals surface area contributed by atoms with E-state index in [-0.39, 0.29) is 5.91 Å². The van der Waals surface area contributed by atoms with Crippen molar-refractivity contribution in [3.8, 4) is 5.69 Å². The number of nitrogens with two attached hydrogens (primary N) is 1. The smallest absolute Gasteiger partial charge is 0.260 e. The van der Waals surface area contributed by atoms with E-state index in [0.717, 1.165) is 5.69 Å². The minimum absolute atomic E-state index is 0.376. The van der Waals surface area contributed by atoms with Crippen molar-refractivity contribution in [2.75, 3.05) is 0 Å². The second-order valence-corrected chi connectivity index (χ2v) is 3.51. The first kappa shape index (κ1) is 8.07. The molecule has 2 heterocycles. The van der Waals surface area contributed by atoms with E-state index in [2.05, 4.69) is 0 Å². The van der Waals surface area contributed by atoms with Crippen molar-refractivity contribution in [3.05, 3.63) is 40.8 Å². The highest BCUT2D eigenvalue weighted by molar-refractivity contribution is 7.12. The number of primary amides is 1. The number of nitrogens with zero attached hydrogens (tertiary/aromatic N) is 1. The van der Waals surface area contributed by atoms with Gasteiger partial charge in [-0.1, -0.05) is 0 Å². The van der Waals surface area contributed by atoms with Crippen LogP contribution in [0.4, 0.5) is 0 Å². The molecule has 0 aromatic carbocycles. The van der Waals surface area contributed by atoms with Crippen molar-refractivity contribution < 1.29 is 4.79 Å². The molecular weight excluding hydrogens is 184 g/mol. The summed E-state index contributed by atoms with van der Waals surface area (Å²) in [4.78, 5) is 11.6. The standard InChI is InChI=1S/C9H8N2OS/c10-9(12)8-7(3-6-13-8)11-4-1-2-5-11/h1-6H,(H2,10,12). The highest BCUT2D eigenvalue weighted by Gasteiger charge is 2.09. The molecule has 2 aromatic heterocycles. The highest BCUT2D eigenvalue weighted by atomic mass is 32.1.